The number of amides is 1. The molecule has 0 aliphatic heterocycles. The number of benzene rings is 1. The van der Waals surface area contributed by atoms with Crippen molar-refractivity contribution in [2.75, 3.05) is 13.6 Å². The average Bonchev–Trinajstić information content (AvgIpc) is 2.34. The van der Waals surface area contributed by atoms with Gasteiger partial charge in [0.05, 0.1) is 6.10 Å². The first kappa shape index (κ1) is 15.5. The smallest absolute Gasteiger partial charge is 0.410 e. The van der Waals surface area contributed by atoms with Gasteiger partial charge in [-0.15, -0.1) is 0 Å². The second-order valence-corrected chi connectivity index (χ2v) is 5.62. The number of aliphatic hydroxyl groups is 1. The zero-order valence-corrected chi connectivity index (χ0v) is 12.1. The minimum atomic E-state index is -0.564. The van der Waals surface area contributed by atoms with E-state index in [1.54, 1.807) is 7.05 Å². The minimum absolute atomic E-state index is 0.368. The second kappa shape index (κ2) is 6.57. The lowest BCUT2D eigenvalue weighted by Crippen LogP contribution is -2.35. The Kier molecular flexibility index (Phi) is 5.36. The molecule has 1 atom stereocenters. The van der Waals surface area contributed by atoms with Crippen LogP contribution in [-0.2, 0) is 4.74 Å². The molecule has 0 saturated carbocycles. The quantitative estimate of drug-likeness (QED) is 0.910. The van der Waals surface area contributed by atoms with Gasteiger partial charge in [0.25, 0.3) is 0 Å². The van der Waals surface area contributed by atoms with E-state index in [4.69, 9.17) is 4.74 Å². The zero-order chi connectivity index (χ0) is 14.5. The lowest BCUT2D eigenvalue weighted by Gasteiger charge is -2.25. The van der Waals surface area contributed by atoms with Gasteiger partial charge in [-0.2, -0.15) is 0 Å². The molecule has 0 aliphatic rings. The second-order valence-electron chi connectivity index (χ2n) is 5.62. The Labute approximate surface area is 115 Å². The van der Waals surface area contributed by atoms with E-state index in [1.165, 1.54) is 4.90 Å². The maximum Gasteiger partial charge on any atom is 0.410 e. The Morgan fingerprint density at radius 1 is 1.32 bits per heavy atom. The summed E-state index contributed by atoms with van der Waals surface area (Å²) in [5.41, 5.74) is 0.365. The molecule has 1 N–H and O–H groups in total. The summed E-state index contributed by atoms with van der Waals surface area (Å²) in [6.45, 7) is 5.94. The summed E-state index contributed by atoms with van der Waals surface area (Å²) in [7, 11) is 1.67. The van der Waals surface area contributed by atoms with Crippen molar-refractivity contribution in [2.24, 2.45) is 0 Å². The number of nitrogens with zero attached hydrogens (tertiary/aromatic N) is 1. The van der Waals surface area contributed by atoms with Crippen LogP contribution in [0.2, 0.25) is 0 Å². The van der Waals surface area contributed by atoms with Crippen LogP contribution in [0.15, 0.2) is 30.3 Å². The number of hydrogen-bond acceptors (Lipinski definition) is 3. The standard InChI is InChI=1S/C15H23NO3/c1-15(2,3)19-14(18)16(4)11-10-13(17)12-8-6-5-7-9-12/h5-9,13,17H,10-11H2,1-4H3. The molecule has 1 aromatic carbocycles. The molecule has 1 unspecified atom stereocenters. The first-order valence-electron chi connectivity index (χ1n) is 6.47. The number of carbonyl (C=O) groups excluding carboxylic acids is 1. The largest absolute Gasteiger partial charge is 0.444 e. The van der Waals surface area contributed by atoms with Crippen LogP contribution in [0.5, 0.6) is 0 Å². The Balaban J connectivity index is 2.42. The number of hydrogen-bond donors (Lipinski definition) is 1. The van der Waals surface area contributed by atoms with Crippen LogP contribution in [0.4, 0.5) is 4.79 Å². The number of carbonyl (C=O) groups is 1. The van der Waals surface area contributed by atoms with Crippen molar-refractivity contribution in [3.05, 3.63) is 35.9 Å². The van der Waals surface area contributed by atoms with Crippen molar-refractivity contribution >= 4 is 6.09 Å². The van der Waals surface area contributed by atoms with E-state index in [2.05, 4.69) is 0 Å². The fraction of sp³-hybridized carbons (Fsp3) is 0.533. The van der Waals surface area contributed by atoms with Gasteiger partial charge in [0.15, 0.2) is 0 Å². The minimum Gasteiger partial charge on any atom is -0.444 e. The van der Waals surface area contributed by atoms with Gasteiger partial charge < -0.3 is 14.7 Å². The Hall–Kier alpha value is -1.55. The van der Waals surface area contributed by atoms with E-state index >= 15 is 0 Å². The maximum atomic E-state index is 11.7. The van der Waals surface area contributed by atoms with Crippen molar-refractivity contribution in [3.63, 3.8) is 0 Å². The van der Waals surface area contributed by atoms with E-state index in [0.717, 1.165) is 5.56 Å². The lowest BCUT2D eigenvalue weighted by molar-refractivity contribution is 0.0273. The van der Waals surface area contributed by atoms with Gasteiger partial charge >= 0.3 is 6.09 Å². The molecule has 0 heterocycles. The van der Waals surface area contributed by atoms with Gasteiger partial charge in [0.1, 0.15) is 5.60 Å². The van der Waals surface area contributed by atoms with E-state index in [0.29, 0.717) is 13.0 Å². The first-order valence-corrected chi connectivity index (χ1v) is 6.47. The summed E-state index contributed by atoms with van der Waals surface area (Å²) in [4.78, 5) is 13.2. The topological polar surface area (TPSA) is 49.8 Å². The molecule has 4 heteroatoms. The van der Waals surface area contributed by atoms with Crippen LogP contribution in [-0.4, -0.2) is 35.3 Å². The molecule has 0 aromatic heterocycles. The molecule has 0 aliphatic carbocycles. The van der Waals surface area contributed by atoms with Crippen molar-refractivity contribution in [1.82, 2.24) is 4.90 Å². The Bertz CT molecular complexity index is 398. The summed E-state index contributed by atoms with van der Waals surface area (Å²) in [6, 6.07) is 9.42. The summed E-state index contributed by atoms with van der Waals surface area (Å²) in [5, 5.41) is 10.0. The third-order valence-electron chi connectivity index (χ3n) is 2.63. The van der Waals surface area contributed by atoms with Crippen LogP contribution in [0.25, 0.3) is 0 Å². The number of ether oxygens (including phenoxy) is 1. The van der Waals surface area contributed by atoms with Crippen molar-refractivity contribution in [1.29, 1.82) is 0 Å². The van der Waals surface area contributed by atoms with Gasteiger partial charge in [0, 0.05) is 13.6 Å². The maximum absolute atomic E-state index is 11.7. The molecule has 0 saturated heterocycles. The molecule has 19 heavy (non-hydrogen) atoms. The van der Waals surface area contributed by atoms with Crippen LogP contribution >= 0.6 is 0 Å². The fourth-order valence-electron chi connectivity index (χ4n) is 1.59. The highest BCUT2D eigenvalue weighted by molar-refractivity contribution is 5.67. The fourth-order valence-corrected chi connectivity index (χ4v) is 1.59. The van der Waals surface area contributed by atoms with Gasteiger partial charge in [-0.3, -0.25) is 0 Å². The van der Waals surface area contributed by atoms with E-state index in [1.807, 2.05) is 51.1 Å². The molecule has 4 nitrogen and oxygen atoms in total. The van der Waals surface area contributed by atoms with Gasteiger partial charge in [-0.05, 0) is 32.8 Å². The molecule has 106 valence electrons. The third kappa shape index (κ3) is 5.75. The van der Waals surface area contributed by atoms with Gasteiger partial charge in [0.2, 0.25) is 0 Å². The molecule has 0 bridgehead atoms. The number of aliphatic hydroxyl groups excluding tert-OH is 1. The first-order chi connectivity index (χ1) is 8.79. The normalized spacial score (nSPS) is 12.9. The molecule has 0 spiro atoms. The Morgan fingerprint density at radius 2 is 1.89 bits per heavy atom. The summed E-state index contributed by atoms with van der Waals surface area (Å²) >= 11 is 0. The van der Waals surface area contributed by atoms with E-state index in [-0.39, 0.29) is 6.09 Å². The Morgan fingerprint density at radius 3 is 2.42 bits per heavy atom. The highest BCUT2D eigenvalue weighted by Gasteiger charge is 2.20. The molecule has 0 fully saturated rings. The average molecular weight is 265 g/mol. The highest BCUT2D eigenvalue weighted by Crippen LogP contribution is 2.17. The van der Waals surface area contributed by atoms with Crippen molar-refractivity contribution in [3.8, 4) is 0 Å². The molecular formula is C15H23NO3. The third-order valence-corrected chi connectivity index (χ3v) is 2.63. The van der Waals surface area contributed by atoms with Crippen LogP contribution < -0.4 is 0 Å². The molecular weight excluding hydrogens is 242 g/mol. The van der Waals surface area contributed by atoms with Gasteiger partial charge in [-0.1, -0.05) is 30.3 Å². The van der Waals surface area contributed by atoms with Gasteiger partial charge in [-0.25, -0.2) is 4.79 Å². The van der Waals surface area contributed by atoms with Crippen LogP contribution in [0, 0.1) is 0 Å². The SMILES string of the molecule is CN(CCC(O)c1ccccc1)C(=O)OC(C)(C)C. The van der Waals surface area contributed by atoms with Crippen molar-refractivity contribution < 1.29 is 14.6 Å². The van der Waals surface area contributed by atoms with Crippen molar-refractivity contribution in [2.45, 2.75) is 38.9 Å². The summed E-state index contributed by atoms with van der Waals surface area (Å²) in [6.07, 6.45) is -0.446. The molecule has 0 radical (unpaired) electrons. The monoisotopic (exact) mass is 265 g/mol. The lowest BCUT2D eigenvalue weighted by atomic mass is 10.1. The highest BCUT2D eigenvalue weighted by atomic mass is 16.6. The summed E-state index contributed by atoms with van der Waals surface area (Å²) in [5.74, 6) is 0. The molecule has 1 aromatic rings. The number of rotatable bonds is 4. The summed E-state index contributed by atoms with van der Waals surface area (Å²) < 4.78 is 5.24. The predicted molar refractivity (Wildman–Crippen MR) is 74.9 cm³/mol. The molecule has 1 amide bonds. The predicted octanol–water partition coefficient (Wildman–Crippen LogP) is 2.98. The molecule has 1 rings (SSSR count). The van der Waals surface area contributed by atoms with E-state index in [9.17, 15) is 9.90 Å². The zero-order valence-electron chi connectivity index (χ0n) is 12.1. The van der Waals surface area contributed by atoms with E-state index < -0.39 is 11.7 Å². The van der Waals surface area contributed by atoms with Crippen LogP contribution in [0.3, 0.4) is 0 Å². The van der Waals surface area contributed by atoms with Crippen LogP contribution in [0.1, 0.15) is 38.9 Å².